The van der Waals surface area contributed by atoms with Gasteiger partial charge in [0.25, 0.3) is 0 Å². The zero-order valence-corrected chi connectivity index (χ0v) is 13.2. The van der Waals surface area contributed by atoms with E-state index in [4.69, 9.17) is 5.73 Å². The topological polar surface area (TPSA) is 46.2 Å². The third-order valence-electron chi connectivity index (χ3n) is 5.32. The van der Waals surface area contributed by atoms with Gasteiger partial charge in [0.2, 0.25) is 0 Å². The van der Waals surface area contributed by atoms with Gasteiger partial charge in [0.05, 0.1) is 6.10 Å². The fourth-order valence-corrected chi connectivity index (χ4v) is 3.47. The Morgan fingerprint density at radius 3 is 2.30 bits per heavy atom. The van der Waals surface area contributed by atoms with Crippen molar-refractivity contribution in [2.24, 2.45) is 16.6 Å². The third-order valence-corrected chi connectivity index (χ3v) is 5.32. The molecular weight excluding hydrogens is 246 g/mol. The lowest BCUT2D eigenvalue weighted by Crippen LogP contribution is -2.42. The second-order valence-electron chi connectivity index (χ2n) is 7.19. The van der Waals surface area contributed by atoms with Crippen LogP contribution < -0.4 is 5.73 Å². The summed E-state index contributed by atoms with van der Waals surface area (Å²) in [6.45, 7) is 7.35. The molecule has 2 rings (SSSR count). The van der Waals surface area contributed by atoms with Crippen LogP contribution in [0.15, 0.2) is 24.3 Å². The van der Waals surface area contributed by atoms with Crippen molar-refractivity contribution in [2.45, 2.75) is 59.0 Å². The Kier molecular flexibility index (Phi) is 4.55. The third kappa shape index (κ3) is 2.91. The minimum atomic E-state index is -0.431. The summed E-state index contributed by atoms with van der Waals surface area (Å²) in [5.41, 5.74) is 8.68. The van der Waals surface area contributed by atoms with E-state index < -0.39 is 6.10 Å². The number of aliphatic hydroxyl groups excluding tert-OH is 1. The molecule has 1 unspecified atom stereocenters. The summed E-state index contributed by atoms with van der Waals surface area (Å²) in [6, 6.07) is 8.26. The second-order valence-corrected chi connectivity index (χ2v) is 7.19. The van der Waals surface area contributed by atoms with Gasteiger partial charge < -0.3 is 10.8 Å². The molecule has 0 radical (unpaired) electrons. The highest BCUT2D eigenvalue weighted by molar-refractivity contribution is 5.30. The number of nitrogens with two attached hydrogens (primary N) is 1. The first-order valence-electron chi connectivity index (χ1n) is 7.90. The summed E-state index contributed by atoms with van der Waals surface area (Å²) in [6.07, 6.45) is 4.87. The van der Waals surface area contributed by atoms with Crippen molar-refractivity contribution >= 4 is 0 Å². The summed E-state index contributed by atoms with van der Waals surface area (Å²) in [4.78, 5) is 0. The maximum absolute atomic E-state index is 11.0. The first-order chi connectivity index (χ1) is 9.44. The van der Waals surface area contributed by atoms with Gasteiger partial charge in [-0.2, -0.15) is 0 Å². The van der Waals surface area contributed by atoms with Gasteiger partial charge in [-0.05, 0) is 48.6 Å². The van der Waals surface area contributed by atoms with Crippen molar-refractivity contribution < 1.29 is 5.11 Å². The smallest absolute Gasteiger partial charge is 0.0860 e. The first kappa shape index (κ1) is 15.5. The van der Waals surface area contributed by atoms with Crippen LogP contribution in [0.1, 0.15) is 63.7 Å². The van der Waals surface area contributed by atoms with Gasteiger partial charge in [-0.15, -0.1) is 0 Å². The van der Waals surface area contributed by atoms with Crippen LogP contribution >= 0.6 is 0 Å². The lowest BCUT2D eigenvalue weighted by molar-refractivity contribution is -0.0239. The number of aliphatic hydroxyl groups is 1. The molecule has 2 heteroatoms. The highest BCUT2D eigenvalue weighted by Gasteiger charge is 2.43. The standard InChI is InChI=1S/C18H29NO/c1-4-14-7-5-6-8-15(14)16(20)18(13-19)11-9-17(2,3)10-12-18/h5-8,16,20H,4,9-13,19H2,1-3H3. The predicted molar refractivity (Wildman–Crippen MR) is 84.5 cm³/mol. The van der Waals surface area contributed by atoms with Crippen molar-refractivity contribution in [3.8, 4) is 0 Å². The van der Waals surface area contributed by atoms with E-state index >= 15 is 0 Å². The van der Waals surface area contributed by atoms with Gasteiger partial charge in [-0.3, -0.25) is 0 Å². The Hall–Kier alpha value is -0.860. The maximum Gasteiger partial charge on any atom is 0.0860 e. The number of hydrogen-bond acceptors (Lipinski definition) is 2. The van der Waals surface area contributed by atoms with Gasteiger partial charge in [0.1, 0.15) is 0 Å². The lowest BCUT2D eigenvalue weighted by atomic mass is 9.61. The molecule has 0 amide bonds. The molecule has 1 aliphatic carbocycles. The molecule has 1 saturated carbocycles. The van der Waals surface area contributed by atoms with Crippen molar-refractivity contribution in [3.63, 3.8) is 0 Å². The average molecular weight is 275 g/mol. The molecule has 0 spiro atoms. The Morgan fingerprint density at radius 2 is 1.75 bits per heavy atom. The molecule has 0 heterocycles. The van der Waals surface area contributed by atoms with E-state index in [0.717, 1.165) is 37.7 Å². The van der Waals surface area contributed by atoms with Gasteiger partial charge in [0.15, 0.2) is 0 Å². The second kappa shape index (κ2) is 5.87. The molecule has 1 fully saturated rings. The van der Waals surface area contributed by atoms with Crippen LogP contribution in [0.5, 0.6) is 0 Å². The molecular formula is C18H29NO. The predicted octanol–water partition coefficient (Wildman–Crippen LogP) is 3.83. The van der Waals surface area contributed by atoms with Crippen LogP contribution in [-0.4, -0.2) is 11.7 Å². The van der Waals surface area contributed by atoms with Crippen LogP contribution in [0.25, 0.3) is 0 Å². The summed E-state index contributed by atoms with van der Waals surface area (Å²) in [7, 11) is 0. The Balaban J connectivity index is 2.27. The molecule has 0 aromatic heterocycles. The normalized spacial score (nSPS) is 22.4. The Morgan fingerprint density at radius 1 is 1.15 bits per heavy atom. The molecule has 0 bridgehead atoms. The molecule has 0 aliphatic heterocycles. The fraction of sp³-hybridized carbons (Fsp3) is 0.667. The number of benzene rings is 1. The van der Waals surface area contributed by atoms with Gasteiger partial charge in [0, 0.05) is 12.0 Å². The maximum atomic E-state index is 11.0. The van der Waals surface area contributed by atoms with Gasteiger partial charge >= 0.3 is 0 Å². The molecule has 1 aliphatic rings. The van der Waals surface area contributed by atoms with Crippen molar-refractivity contribution in [3.05, 3.63) is 35.4 Å². The average Bonchev–Trinajstić information content (AvgIpc) is 2.47. The van der Waals surface area contributed by atoms with Crippen LogP contribution in [0.3, 0.4) is 0 Å². The Bertz CT molecular complexity index is 442. The van der Waals surface area contributed by atoms with E-state index in [0.29, 0.717) is 12.0 Å². The van der Waals surface area contributed by atoms with E-state index in [-0.39, 0.29) is 5.41 Å². The zero-order chi connectivity index (χ0) is 14.8. The zero-order valence-electron chi connectivity index (χ0n) is 13.2. The van der Waals surface area contributed by atoms with Gasteiger partial charge in [-0.1, -0.05) is 45.0 Å². The van der Waals surface area contributed by atoms with E-state index in [1.54, 1.807) is 0 Å². The molecule has 3 N–H and O–H groups in total. The quantitative estimate of drug-likeness (QED) is 0.877. The van der Waals surface area contributed by atoms with Crippen molar-refractivity contribution in [2.75, 3.05) is 6.54 Å². The molecule has 1 aromatic rings. The molecule has 1 atom stereocenters. The monoisotopic (exact) mass is 275 g/mol. The minimum absolute atomic E-state index is 0.138. The summed E-state index contributed by atoms with van der Waals surface area (Å²) >= 11 is 0. The van der Waals surface area contributed by atoms with Crippen LogP contribution in [-0.2, 0) is 6.42 Å². The Labute approximate surface area is 123 Å². The van der Waals surface area contributed by atoms with Crippen molar-refractivity contribution in [1.29, 1.82) is 0 Å². The number of rotatable bonds is 4. The van der Waals surface area contributed by atoms with E-state index in [1.165, 1.54) is 5.56 Å². The highest BCUT2D eigenvalue weighted by Crippen LogP contribution is 2.51. The summed E-state index contributed by atoms with van der Waals surface area (Å²) in [5, 5.41) is 11.0. The van der Waals surface area contributed by atoms with Crippen LogP contribution in [0.2, 0.25) is 0 Å². The minimum Gasteiger partial charge on any atom is -0.388 e. The molecule has 0 saturated heterocycles. The lowest BCUT2D eigenvalue weighted by Gasteiger charge is -2.46. The molecule has 20 heavy (non-hydrogen) atoms. The van der Waals surface area contributed by atoms with E-state index in [1.807, 2.05) is 12.1 Å². The van der Waals surface area contributed by atoms with Gasteiger partial charge in [-0.25, -0.2) is 0 Å². The van der Waals surface area contributed by atoms with E-state index in [9.17, 15) is 5.11 Å². The molecule has 1 aromatic carbocycles. The first-order valence-corrected chi connectivity index (χ1v) is 7.90. The van der Waals surface area contributed by atoms with Crippen LogP contribution in [0, 0.1) is 10.8 Å². The number of hydrogen-bond donors (Lipinski definition) is 2. The fourth-order valence-electron chi connectivity index (χ4n) is 3.47. The summed E-state index contributed by atoms with van der Waals surface area (Å²) < 4.78 is 0. The van der Waals surface area contributed by atoms with Crippen LogP contribution in [0.4, 0.5) is 0 Å². The SMILES string of the molecule is CCc1ccccc1C(O)C1(CN)CCC(C)(C)CC1. The molecule has 2 nitrogen and oxygen atoms in total. The van der Waals surface area contributed by atoms with Crippen molar-refractivity contribution in [1.82, 2.24) is 0 Å². The summed E-state index contributed by atoms with van der Waals surface area (Å²) in [5.74, 6) is 0. The number of aryl methyl sites for hydroxylation is 1. The molecule has 112 valence electrons. The largest absolute Gasteiger partial charge is 0.388 e. The van der Waals surface area contributed by atoms with E-state index in [2.05, 4.69) is 32.9 Å². The highest BCUT2D eigenvalue weighted by atomic mass is 16.3.